The van der Waals surface area contributed by atoms with Gasteiger partial charge in [-0.05, 0) is 0 Å². The normalized spacial score (nSPS) is 14.7. The summed E-state index contributed by atoms with van der Waals surface area (Å²) in [6.45, 7) is 0. The maximum atomic E-state index is 2.45. The van der Waals surface area contributed by atoms with Crippen LogP contribution in [0.25, 0.3) is 17.2 Å². The van der Waals surface area contributed by atoms with E-state index in [9.17, 15) is 0 Å². The van der Waals surface area contributed by atoms with Gasteiger partial charge in [-0.3, -0.25) is 0 Å². The number of hydrogen-bond acceptors (Lipinski definition) is 0. The first-order chi connectivity index (χ1) is 11.4. The van der Waals surface area contributed by atoms with Crippen molar-refractivity contribution in [3.05, 3.63) is 95.1 Å². The van der Waals surface area contributed by atoms with Gasteiger partial charge in [-0.15, -0.1) is 0 Å². The molecule has 1 unspecified atom stereocenters. The largest absolute Gasteiger partial charge is 1.00 e. The van der Waals surface area contributed by atoms with Crippen molar-refractivity contribution in [3.8, 4) is 11.1 Å². The van der Waals surface area contributed by atoms with Crippen LogP contribution >= 0.6 is 0 Å². The first-order valence-electron chi connectivity index (χ1n) is 8.14. The first kappa shape index (κ1) is 22.0. The number of fused-ring (bicyclic) bond motifs is 4. The van der Waals surface area contributed by atoms with Gasteiger partial charge in [-0.2, -0.15) is 0 Å². The van der Waals surface area contributed by atoms with Crippen LogP contribution < -0.4 is 54.3 Å². The molecule has 5 rings (SSSR count). The molecule has 0 fully saturated rings. The van der Waals surface area contributed by atoms with E-state index in [4.69, 9.17) is 0 Å². The van der Waals surface area contributed by atoms with Crippen LogP contribution in [-0.2, 0) is 29.3 Å². The summed E-state index contributed by atoms with van der Waals surface area (Å²) in [7, 11) is 0. The van der Waals surface area contributed by atoms with E-state index in [0.717, 1.165) is 6.42 Å². The van der Waals surface area contributed by atoms with Crippen molar-refractivity contribution in [1.82, 2.24) is 0 Å². The smallest absolute Gasteiger partial charge is 1.00 e. The summed E-state index contributed by atoms with van der Waals surface area (Å²) < 4.78 is 2.41. The van der Waals surface area contributed by atoms with Crippen molar-refractivity contribution < 1.29 is 73.9 Å². The van der Waals surface area contributed by atoms with Crippen LogP contribution in [-0.4, -0.2) is 0 Å². The van der Waals surface area contributed by atoms with Gasteiger partial charge in [-0.1, -0.05) is 0 Å². The van der Waals surface area contributed by atoms with Crippen LogP contribution in [0.4, 0.5) is 0 Å². The maximum absolute atomic E-state index is 2.45. The first-order valence-corrected chi connectivity index (χ1v) is 12.0. The molecule has 4 heteroatoms. The number of benzene rings is 3. The molecule has 3 aromatic rings. The van der Waals surface area contributed by atoms with Gasteiger partial charge in [0, 0.05) is 0 Å². The Hall–Kier alpha value is -0.290. The van der Waals surface area contributed by atoms with E-state index in [-0.39, 0.29) is 50.9 Å². The predicted octanol–water partition coefficient (Wildman–Crippen LogP) is -4.25. The molecule has 3 aromatic carbocycles. The fourth-order valence-electron chi connectivity index (χ4n) is 3.84. The molecule has 0 saturated heterocycles. The molecule has 26 heavy (non-hydrogen) atoms. The third kappa shape index (κ3) is 3.80. The third-order valence-corrected chi connectivity index (χ3v) is 10.7. The second-order valence-electron chi connectivity index (χ2n) is 6.28. The van der Waals surface area contributed by atoms with Crippen molar-refractivity contribution >= 4 is 9.40 Å². The zero-order valence-electron chi connectivity index (χ0n) is 13.9. The molecule has 0 heterocycles. The molecule has 0 spiro atoms. The Morgan fingerprint density at radius 3 is 2.35 bits per heavy atom. The van der Waals surface area contributed by atoms with Gasteiger partial charge in [0.05, 0.1) is 0 Å². The Labute approximate surface area is 197 Å². The average Bonchev–Trinajstić information content (AvgIpc) is 3.17. The van der Waals surface area contributed by atoms with Crippen molar-refractivity contribution in [2.45, 2.75) is 10.1 Å². The third-order valence-electron chi connectivity index (χ3n) is 4.96. The van der Waals surface area contributed by atoms with Crippen molar-refractivity contribution in [2.75, 3.05) is 0 Å². The molecule has 2 aliphatic rings. The summed E-state index contributed by atoms with van der Waals surface area (Å²) in [5.74, 6) is 0. The molecular formula is C22H16Br3Hf. The van der Waals surface area contributed by atoms with Gasteiger partial charge in [0.2, 0.25) is 0 Å². The van der Waals surface area contributed by atoms with Crippen LogP contribution in [0.15, 0.2) is 72.8 Å². The molecule has 0 radical (unpaired) electrons. The topological polar surface area (TPSA) is 0 Å². The molecule has 129 valence electrons. The van der Waals surface area contributed by atoms with E-state index in [2.05, 4.69) is 78.9 Å². The SMILES string of the molecule is C1=C[CH]([Hf+3][c]2cccc3c2Cc2ccccc2-3)c2ccccc21.[Br-].[Br-].[Br-]. The van der Waals surface area contributed by atoms with E-state index >= 15 is 0 Å². The van der Waals surface area contributed by atoms with Crippen LogP contribution in [0, 0.1) is 0 Å². The summed E-state index contributed by atoms with van der Waals surface area (Å²) in [5.41, 5.74) is 9.05. The van der Waals surface area contributed by atoms with Gasteiger partial charge in [0.1, 0.15) is 0 Å². The fourth-order valence-corrected chi connectivity index (χ4v) is 9.35. The quantitative estimate of drug-likeness (QED) is 0.187. The summed E-state index contributed by atoms with van der Waals surface area (Å²) in [5, 5.41) is 0. The molecule has 0 saturated carbocycles. The second-order valence-corrected chi connectivity index (χ2v) is 11.5. The molecule has 0 bridgehead atoms. The zero-order valence-corrected chi connectivity index (χ0v) is 22.3. The number of hydrogen-bond donors (Lipinski definition) is 0. The number of rotatable bonds is 2. The van der Waals surface area contributed by atoms with Crippen LogP contribution in [0.3, 0.4) is 0 Å². The molecule has 0 amide bonds. The molecular weight excluding hydrogens is 682 g/mol. The van der Waals surface area contributed by atoms with Crippen LogP contribution in [0.2, 0.25) is 0 Å². The van der Waals surface area contributed by atoms with Gasteiger partial charge in [0.25, 0.3) is 0 Å². The van der Waals surface area contributed by atoms with Crippen molar-refractivity contribution in [1.29, 1.82) is 0 Å². The summed E-state index contributed by atoms with van der Waals surface area (Å²) >= 11 is -0.954. The number of halogens is 3. The molecule has 0 N–H and O–H groups in total. The summed E-state index contributed by atoms with van der Waals surface area (Å²) in [6.07, 6.45) is 5.91. The summed E-state index contributed by atoms with van der Waals surface area (Å²) in [6, 6.07) is 24.8. The van der Waals surface area contributed by atoms with E-state index in [1.807, 2.05) is 0 Å². The standard InChI is InChI=1S/C13H9.C9H7.3BrH.Hf/c1-3-7-12-10(5-1)9-11-6-2-4-8-13(11)12;1-2-5-9-7-3-6-8(9)4-1;;;;/h1-5,7-8H,9H2;1-7H;3*1H;/q;;;;;+3/p-3. The molecule has 0 nitrogen and oxygen atoms in total. The average molecular weight is 699 g/mol. The monoisotopic (exact) mass is 697 g/mol. The Morgan fingerprint density at radius 1 is 0.731 bits per heavy atom. The summed E-state index contributed by atoms with van der Waals surface area (Å²) in [4.78, 5) is 0. The van der Waals surface area contributed by atoms with Crippen LogP contribution in [0.5, 0.6) is 0 Å². The van der Waals surface area contributed by atoms with Gasteiger partial charge < -0.3 is 50.9 Å². The van der Waals surface area contributed by atoms with Crippen molar-refractivity contribution in [3.63, 3.8) is 0 Å². The van der Waals surface area contributed by atoms with E-state index in [0.29, 0.717) is 3.67 Å². The van der Waals surface area contributed by atoms with Crippen molar-refractivity contribution in [2.24, 2.45) is 0 Å². The Kier molecular flexibility index (Phi) is 7.85. The molecule has 1 atom stereocenters. The number of allylic oxidation sites excluding steroid dienone is 1. The molecule has 0 aliphatic heterocycles. The Bertz CT molecular complexity index is 950. The Morgan fingerprint density at radius 2 is 1.46 bits per heavy atom. The zero-order chi connectivity index (χ0) is 15.2. The van der Waals surface area contributed by atoms with E-state index in [1.54, 1.807) is 14.4 Å². The maximum Gasteiger partial charge on any atom is -1.00 e. The fraction of sp³-hybridized carbons (Fsp3) is 0.0909. The van der Waals surface area contributed by atoms with Gasteiger partial charge >= 0.3 is 149 Å². The molecule has 0 aromatic heterocycles. The van der Waals surface area contributed by atoms with E-state index < -0.39 is 22.9 Å². The minimum atomic E-state index is -0.954. The second kappa shape index (κ2) is 9.27. The van der Waals surface area contributed by atoms with Gasteiger partial charge in [0.15, 0.2) is 0 Å². The minimum Gasteiger partial charge on any atom is -1.00 e. The minimum absolute atomic E-state index is 0. The van der Waals surface area contributed by atoms with Gasteiger partial charge in [-0.25, -0.2) is 0 Å². The van der Waals surface area contributed by atoms with E-state index in [1.165, 1.54) is 22.3 Å². The molecule has 2 aliphatic carbocycles. The Balaban J connectivity index is 0.000000810. The predicted molar refractivity (Wildman–Crippen MR) is 92.5 cm³/mol. The van der Waals surface area contributed by atoms with Crippen LogP contribution in [0.1, 0.15) is 25.9 Å².